The van der Waals surface area contributed by atoms with Crippen LogP contribution in [0.25, 0.3) is 0 Å². The van der Waals surface area contributed by atoms with Gasteiger partial charge in [-0.15, -0.1) is 0 Å². The number of rotatable bonds is 10. The molecule has 0 saturated carbocycles. The third-order valence-corrected chi connectivity index (χ3v) is 8.02. The Hall–Kier alpha value is -3.72. The lowest BCUT2D eigenvalue weighted by atomic mass is 10.1. The summed E-state index contributed by atoms with van der Waals surface area (Å²) >= 11 is 0. The zero-order valence-electron chi connectivity index (χ0n) is 21.4. The van der Waals surface area contributed by atoms with Gasteiger partial charge in [0.25, 0.3) is 10.0 Å². The van der Waals surface area contributed by atoms with Gasteiger partial charge >= 0.3 is 0 Å². The molecule has 0 radical (unpaired) electrons. The standard InChI is InChI=1S/C28H32FN3O4S/c1-5-25(28(34)30-4)31(18-22-11-7-6-10-21(22)3)27(33)19-32(26-13-9-8-12-24(26)29)37(35,36)23-16-14-20(2)15-17-23/h6-17,25H,5,18-19H2,1-4H3,(H,30,34). The van der Waals surface area contributed by atoms with E-state index in [1.165, 1.54) is 42.3 Å². The van der Waals surface area contributed by atoms with Crippen LogP contribution in [0.1, 0.15) is 30.0 Å². The van der Waals surface area contributed by atoms with Crippen LogP contribution in [0, 0.1) is 19.7 Å². The molecule has 196 valence electrons. The molecule has 0 saturated heterocycles. The van der Waals surface area contributed by atoms with Crippen LogP contribution in [-0.2, 0) is 26.2 Å². The number of nitrogens with zero attached hydrogens (tertiary/aromatic N) is 2. The smallest absolute Gasteiger partial charge is 0.264 e. The molecular formula is C28H32FN3O4S. The zero-order valence-corrected chi connectivity index (χ0v) is 22.3. The number of halogens is 1. The fraction of sp³-hybridized carbons (Fsp3) is 0.286. The zero-order chi connectivity index (χ0) is 27.2. The Morgan fingerprint density at radius 1 is 0.946 bits per heavy atom. The van der Waals surface area contributed by atoms with Crippen molar-refractivity contribution >= 4 is 27.5 Å². The van der Waals surface area contributed by atoms with Crippen molar-refractivity contribution in [2.24, 2.45) is 0 Å². The molecule has 9 heteroatoms. The molecule has 0 bridgehead atoms. The molecule has 0 aliphatic heterocycles. The largest absolute Gasteiger partial charge is 0.357 e. The van der Waals surface area contributed by atoms with Gasteiger partial charge in [-0.05, 0) is 55.7 Å². The summed E-state index contributed by atoms with van der Waals surface area (Å²) in [5, 5.41) is 2.58. The van der Waals surface area contributed by atoms with Gasteiger partial charge in [0.2, 0.25) is 11.8 Å². The number of amides is 2. The molecular weight excluding hydrogens is 493 g/mol. The molecule has 2 amide bonds. The minimum Gasteiger partial charge on any atom is -0.357 e. The fourth-order valence-electron chi connectivity index (χ4n) is 4.06. The molecule has 1 N–H and O–H groups in total. The summed E-state index contributed by atoms with van der Waals surface area (Å²) in [6.07, 6.45) is 0.307. The van der Waals surface area contributed by atoms with E-state index >= 15 is 0 Å². The van der Waals surface area contributed by atoms with E-state index < -0.39 is 34.3 Å². The molecule has 0 fully saturated rings. The van der Waals surface area contributed by atoms with E-state index in [1.54, 1.807) is 19.1 Å². The highest BCUT2D eigenvalue weighted by molar-refractivity contribution is 7.92. The van der Waals surface area contributed by atoms with E-state index in [-0.39, 0.29) is 23.0 Å². The van der Waals surface area contributed by atoms with Crippen LogP contribution in [0.15, 0.2) is 77.7 Å². The molecule has 1 atom stereocenters. The van der Waals surface area contributed by atoms with Crippen LogP contribution < -0.4 is 9.62 Å². The van der Waals surface area contributed by atoms with Gasteiger partial charge in [0.05, 0.1) is 10.6 Å². The summed E-state index contributed by atoms with van der Waals surface area (Å²) in [4.78, 5) is 27.8. The van der Waals surface area contributed by atoms with Crippen molar-refractivity contribution in [3.63, 3.8) is 0 Å². The number of aryl methyl sites for hydroxylation is 2. The van der Waals surface area contributed by atoms with Gasteiger partial charge in [-0.2, -0.15) is 0 Å². The minimum absolute atomic E-state index is 0.0713. The first-order chi connectivity index (χ1) is 17.6. The van der Waals surface area contributed by atoms with Crippen molar-refractivity contribution in [1.82, 2.24) is 10.2 Å². The van der Waals surface area contributed by atoms with Gasteiger partial charge in [0.15, 0.2) is 0 Å². The summed E-state index contributed by atoms with van der Waals surface area (Å²) in [5.74, 6) is -1.78. The van der Waals surface area contributed by atoms with E-state index in [0.29, 0.717) is 6.42 Å². The predicted octanol–water partition coefficient (Wildman–Crippen LogP) is 4.19. The fourth-order valence-corrected chi connectivity index (χ4v) is 5.48. The summed E-state index contributed by atoms with van der Waals surface area (Å²) in [6, 6.07) is 18.1. The van der Waals surface area contributed by atoms with Gasteiger partial charge in [-0.25, -0.2) is 12.8 Å². The maximum absolute atomic E-state index is 14.9. The SMILES string of the molecule is CCC(C(=O)NC)N(Cc1ccccc1C)C(=O)CN(c1ccccc1F)S(=O)(=O)c1ccc(C)cc1. The summed E-state index contributed by atoms with van der Waals surface area (Å²) in [5.41, 5.74) is 2.34. The molecule has 0 aliphatic rings. The maximum Gasteiger partial charge on any atom is 0.264 e. The van der Waals surface area contributed by atoms with E-state index in [1.807, 2.05) is 38.1 Å². The normalized spacial score (nSPS) is 12.0. The Morgan fingerprint density at radius 3 is 2.16 bits per heavy atom. The molecule has 0 spiro atoms. The highest BCUT2D eigenvalue weighted by Gasteiger charge is 2.34. The molecule has 3 rings (SSSR count). The van der Waals surface area contributed by atoms with Crippen LogP contribution in [0.4, 0.5) is 10.1 Å². The second-order valence-electron chi connectivity index (χ2n) is 8.76. The van der Waals surface area contributed by atoms with Crippen molar-refractivity contribution in [1.29, 1.82) is 0 Å². The Morgan fingerprint density at radius 2 is 1.57 bits per heavy atom. The van der Waals surface area contributed by atoms with Crippen molar-refractivity contribution in [2.45, 2.75) is 44.7 Å². The number of likely N-dealkylation sites (N-methyl/N-ethyl adjacent to an activating group) is 1. The van der Waals surface area contributed by atoms with E-state index in [0.717, 1.165) is 27.1 Å². The number of sulfonamides is 1. The summed E-state index contributed by atoms with van der Waals surface area (Å²) in [7, 11) is -2.83. The van der Waals surface area contributed by atoms with E-state index in [2.05, 4.69) is 5.32 Å². The Labute approximate surface area is 218 Å². The number of hydrogen-bond donors (Lipinski definition) is 1. The summed E-state index contributed by atoms with van der Waals surface area (Å²) in [6.45, 7) is 4.90. The first kappa shape index (κ1) is 27.9. The number of anilines is 1. The van der Waals surface area contributed by atoms with Crippen LogP contribution in [0.3, 0.4) is 0 Å². The van der Waals surface area contributed by atoms with Crippen molar-refractivity contribution < 1.29 is 22.4 Å². The van der Waals surface area contributed by atoms with Crippen LogP contribution in [-0.4, -0.2) is 44.8 Å². The lowest BCUT2D eigenvalue weighted by Gasteiger charge is -2.33. The average molecular weight is 526 g/mol. The molecule has 0 aromatic heterocycles. The molecule has 0 aliphatic carbocycles. The van der Waals surface area contributed by atoms with E-state index in [9.17, 15) is 22.4 Å². The first-order valence-electron chi connectivity index (χ1n) is 12.0. The van der Waals surface area contributed by atoms with Crippen molar-refractivity contribution in [3.8, 4) is 0 Å². The van der Waals surface area contributed by atoms with Crippen molar-refractivity contribution in [2.75, 3.05) is 17.9 Å². The van der Waals surface area contributed by atoms with Crippen LogP contribution in [0.5, 0.6) is 0 Å². The lowest BCUT2D eigenvalue weighted by molar-refractivity contribution is -0.140. The number of nitrogens with one attached hydrogen (secondary N) is 1. The van der Waals surface area contributed by atoms with Gasteiger partial charge < -0.3 is 10.2 Å². The molecule has 3 aromatic carbocycles. The highest BCUT2D eigenvalue weighted by Crippen LogP contribution is 2.27. The highest BCUT2D eigenvalue weighted by atomic mass is 32.2. The molecule has 37 heavy (non-hydrogen) atoms. The number of hydrogen-bond acceptors (Lipinski definition) is 4. The second kappa shape index (κ2) is 12.0. The minimum atomic E-state index is -4.32. The van der Waals surface area contributed by atoms with E-state index in [4.69, 9.17) is 0 Å². The maximum atomic E-state index is 14.9. The molecule has 0 heterocycles. The quantitative estimate of drug-likeness (QED) is 0.430. The van der Waals surface area contributed by atoms with Gasteiger partial charge in [-0.3, -0.25) is 13.9 Å². The number of benzene rings is 3. The van der Waals surface area contributed by atoms with Crippen LogP contribution in [0.2, 0.25) is 0 Å². The third kappa shape index (κ3) is 6.35. The third-order valence-electron chi connectivity index (χ3n) is 6.24. The molecule has 7 nitrogen and oxygen atoms in total. The summed E-state index contributed by atoms with van der Waals surface area (Å²) < 4.78 is 43.1. The average Bonchev–Trinajstić information content (AvgIpc) is 2.88. The Balaban J connectivity index is 2.08. The van der Waals surface area contributed by atoms with Gasteiger partial charge in [-0.1, -0.05) is 61.0 Å². The van der Waals surface area contributed by atoms with Gasteiger partial charge in [0, 0.05) is 13.6 Å². The Bertz CT molecular complexity index is 1360. The number of carbonyl (C=O) groups excluding carboxylic acids is 2. The second-order valence-corrected chi connectivity index (χ2v) is 10.6. The van der Waals surface area contributed by atoms with Crippen molar-refractivity contribution in [3.05, 3.63) is 95.3 Å². The number of carbonyl (C=O) groups is 2. The van der Waals surface area contributed by atoms with Crippen LogP contribution >= 0.6 is 0 Å². The number of para-hydroxylation sites is 1. The lowest BCUT2D eigenvalue weighted by Crippen LogP contribution is -2.52. The predicted molar refractivity (Wildman–Crippen MR) is 142 cm³/mol. The topological polar surface area (TPSA) is 86.8 Å². The Kier molecular flexibility index (Phi) is 9.04. The van der Waals surface area contributed by atoms with Gasteiger partial charge in [0.1, 0.15) is 18.4 Å². The first-order valence-corrected chi connectivity index (χ1v) is 13.4. The molecule has 3 aromatic rings. The molecule has 1 unspecified atom stereocenters. The monoisotopic (exact) mass is 525 g/mol.